The number of carbonyl (C=O) groups is 1. The molecule has 1 unspecified atom stereocenters. The van der Waals surface area contributed by atoms with Crippen molar-refractivity contribution < 1.29 is 30.3 Å². The standard InChI is InChI=1S/C8H18O4.CH2O2/c1-2-3-4-5-6-7(9)8(10,11)12;2-1-3/h7,9-12H,2-6H2,1H3;1H,(H,2,3). The molecule has 0 spiro atoms. The Kier molecular flexibility index (Phi) is 11.0. The van der Waals surface area contributed by atoms with Crippen LogP contribution in [0.4, 0.5) is 0 Å². The molecule has 1 atom stereocenters. The number of carboxylic acid groups (broad SMARTS) is 1. The van der Waals surface area contributed by atoms with Crippen molar-refractivity contribution in [3.8, 4) is 0 Å². The van der Waals surface area contributed by atoms with Crippen LogP contribution < -0.4 is 0 Å². The summed E-state index contributed by atoms with van der Waals surface area (Å²) < 4.78 is 0. The predicted molar refractivity (Wildman–Crippen MR) is 52.8 cm³/mol. The third-order valence-corrected chi connectivity index (χ3v) is 1.78. The van der Waals surface area contributed by atoms with Crippen molar-refractivity contribution in [3.63, 3.8) is 0 Å². The fourth-order valence-corrected chi connectivity index (χ4v) is 0.958. The SMILES string of the molecule is CCCCCCC(O)C(O)(O)O.O=CO. The third-order valence-electron chi connectivity index (χ3n) is 1.78. The fraction of sp³-hybridized carbons (Fsp3) is 0.889. The van der Waals surface area contributed by atoms with Crippen molar-refractivity contribution in [2.45, 2.75) is 51.1 Å². The molecule has 0 saturated heterocycles. The Morgan fingerprint density at radius 2 is 1.67 bits per heavy atom. The molecule has 0 aliphatic carbocycles. The Labute approximate surface area is 88.8 Å². The number of aliphatic hydroxyl groups excluding tert-OH is 1. The summed E-state index contributed by atoms with van der Waals surface area (Å²) in [7, 11) is 0. The predicted octanol–water partition coefficient (Wildman–Crippen LogP) is -0.351. The lowest BCUT2D eigenvalue weighted by Crippen LogP contribution is -2.41. The molecular formula is C9H20O6. The van der Waals surface area contributed by atoms with Crippen LogP contribution in [0, 0.1) is 0 Å². The number of rotatable bonds is 6. The number of hydrogen-bond acceptors (Lipinski definition) is 5. The minimum Gasteiger partial charge on any atom is -0.483 e. The maximum atomic E-state index is 8.94. The second-order valence-electron chi connectivity index (χ2n) is 3.16. The molecule has 0 aromatic heterocycles. The van der Waals surface area contributed by atoms with Crippen LogP contribution in [0.25, 0.3) is 0 Å². The minimum atomic E-state index is -2.94. The van der Waals surface area contributed by atoms with E-state index in [1.54, 1.807) is 0 Å². The van der Waals surface area contributed by atoms with Gasteiger partial charge in [0.15, 0.2) is 0 Å². The average molecular weight is 224 g/mol. The Bertz CT molecular complexity index is 142. The summed E-state index contributed by atoms with van der Waals surface area (Å²) in [5, 5.41) is 41.3. The molecule has 0 rings (SSSR count). The lowest BCUT2D eigenvalue weighted by molar-refractivity contribution is -0.355. The van der Waals surface area contributed by atoms with Crippen molar-refractivity contribution in [3.05, 3.63) is 0 Å². The van der Waals surface area contributed by atoms with E-state index in [0.29, 0.717) is 6.42 Å². The first-order chi connectivity index (χ1) is 6.90. The van der Waals surface area contributed by atoms with Gasteiger partial charge in [0.25, 0.3) is 6.47 Å². The normalized spacial score (nSPS) is 12.6. The maximum Gasteiger partial charge on any atom is 0.302 e. The molecule has 0 aliphatic heterocycles. The van der Waals surface area contributed by atoms with E-state index in [9.17, 15) is 0 Å². The molecule has 0 heterocycles. The smallest absolute Gasteiger partial charge is 0.302 e. The second-order valence-corrected chi connectivity index (χ2v) is 3.16. The van der Waals surface area contributed by atoms with Crippen LogP contribution in [-0.4, -0.2) is 44.1 Å². The molecule has 0 aromatic rings. The molecule has 5 N–H and O–H groups in total. The van der Waals surface area contributed by atoms with Crippen LogP contribution in [0.1, 0.15) is 39.0 Å². The van der Waals surface area contributed by atoms with Gasteiger partial charge in [0.05, 0.1) is 0 Å². The summed E-state index contributed by atoms with van der Waals surface area (Å²) in [6.07, 6.45) is 2.51. The van der Waals surface area contributed by atoms with E-state index >= 15 is 0 Å². The van der Waals surface area contributed by atoms with Gasteiger partial charge in [0.2, 0.25) is 0 Å². The van der Waals surface area contributed by atoms with Gasteiger partial charge in [-0.1, -0.05) is 32.6 Å². The summed E-state index contributed by atoms with van der Waals surface area (Å²) >= 11 is 0. The summed E-state index contributed by atoms with van der Waals surface area (Å²) in [6, 6.07) is 0. The maximum absolute atomic E-state index is 8.94. The van der Waals surface area contributed by atoms with Gasteiger partial charge in [-0.2, -0.15) is 0 Å². The zero-order valence-corrected chi connectivity index (χ0v) is 8.83. The molecular weight excluding hydrogens is 204 g/mol. The second kappa shape index (κ2) is 9.85. The van der Waals surface area contributed by atoms with Crippen molar-refractivity contribution in [1.29, 1.82) is 0 Å². The van der Waals surface area contributed by atoms with E-state index < -0.39 is 12.1 Å². The summed E-state index contributed by atoms with van der Waals surface area (Å²) in [6.45, 7) is 1.81. The van der Waals surface area contributed by atoms with Crippen molar-refractivity contribution in [2.24, 2.45) is 0 Å². The summed E-state index contributed by atoms with van der Waals surface area (Å²) in [5.74, 6) is -2.94. The van der Waals surface area contributed by atoms with Gasteiger partial charge in [-0.25, -0.2) is 0 Å². The third kappa shape index (κ3) is 13.3. The van der Waals surface area contributed by atoms with E-state index in [-0.39, 0.29) is 12.9 Å². The highest BCUT2D eigenvalue weighted by Gasteiger charge is 2.29. The van der Waals surface area contributed by atoms with E-state index in [1.807, 2.05) is 0 Å². The van der Waals surface area contributed by atoms with E-state index in [4.69, 9.17) is 30.3 Å². The lowest BCUT2D eigenvalue weighted by atomic mass is 10.1. The Balaban J connectivity index is 0. The monoisotopic (exact) mass is 224 g/mol. The fourth-order valence-electron chi connectivity index (χ4n) is 0.958. The zero-order valence-electron chi connectivity index (χ0n) is 8.83. The summed E-state index contributed by atoms with van der Waals surface area (Å²) in [5.41, 5.74) is 0. The quantitative estimate of drug-likeness (QED) is 0.239. The Morgan fingerprint density at radius 1 is 1.20 bits per heavy atom. The molecule has 0 saturated carbocycles. The van der Waals surface area contributed by atoms with Gasteiger partial charge in [-0.05, 0) is 6.42 Å². The van der Waals surface area contributed by atoms with Gasteiger partial charge >= 0.3 is 5.97 Å². The zero-order chi connectivity index (χ0) is 12.3. The van der Waals surface area contributed by atoms with E-state index in [1.165, 1.54) is 0 Å². The van der Waals surface area contributed by atoms with Crippen molar-refractivity contribution in [1.82, 2.24) is 0 Å². The molecule has 92 valence electrons. The molecule has 6 nitrogen and oxygen atoms in total. The molecule has 0 aromatic carbocycles. The minimum absolute atomic E-state index is 0.212. The number of hydrogen-bond donors (Lipinski definition) is 5. The van der Waals surface area contributed by atoms with Crippen LogP contribution in [0.2, 0.25) is 0 Å². The lowest BCUT2D eigenvalue weighted by Gasteiger charge is -2.20. The summed E-state index contributed by atoms with van der Waals surface area (Å²) in [4.78, 5) is 8.36. The largest absolute Gasteiger partial charge is 0.483 e. The molecule has 15 heavy (non-hydrogen) atoms. The highest BCUT2D eigenvalue weighted by atomic mass is 16.7. The first-order valence-electron chi connectivity index (χ1n) is 4.83. The van der Waals surface area contributed by atoms with Gasteiger partial charge < -0.3 is 25.5 Å². The molecule has 0 fully saturated rings. The highest BCUT2D eigenvalue weighted by molar-refractivity contribution is 5.32. The van der Waals surface area contributed by atoms with Crippen molar-refractivity contribution in [2.75, 3.05) is 0 Å². The van der Waals surface area contributed by atoms with Crippen LogP contribution >= 0.6 is 0 Å². The first-order valence-corrected chi connectivity index (χ1v) is 4.83. The van der Waals surface area contributed by atoms with Gasteiger partial charge in [0, 0.05) is 0 Å². The molecule has 0 amide bonds. The average Bonchev–Trinajstić information content (AvgIpc) is 2.12. The Hall–Kier alpha value is -0.690. The number of unbranched alkanes of at least 4 members (excludes halogenated alkanes) is 3. The van der Waals surface area contributed by atoms with Crippen LogP contribution in [0.15, 0.2) is 0 Å². The molecule has 6 heteroatoms. The van der Waals surface area contributed by atoms with Crippen LogP contribution in [0.3, 0.4) is 0 Å². The molecule has 0 aliphatic rings. The molecule has 0 bridgehead atoms. The molecule has 0 radical (unpaired) electrons. The van der Waals surface area contributed by atoms with E-state index in [0.717, 1.165) is 19.3 Å². The van der Waals surface area contributed by atoms with Gasteiger partial charge in [0.1, 0.15) is 6.10 Å². The van der Waals surface area contributed by atoms with Gasteiger partial charge in [-0.3, -0.25) is 4.79 Å². The van der Waals surface area contributed by atoms with Crippen LogP contribution in [0.5, 0.6) is 0 Å². The highest BCUT2D eigenvalue weighted by Crippen LogP contribution is 2.11. The van der Waals surface area contributed by atoms with Crippen molar-refractivity contribution >= 4 is 6.47 Å². The van der Waals surface area contributed by atoms with Crippen LogP contribution in [-0.2, 0) is 4.79 Å². The topological polar surface area (TPSA) is 118 Å². The number of aliphatic hydroxyl groups is 4. The van der Waals surface area contributed by atoms with Gasteiger partial charge in [-0.15, -0.1) is 0 Å². The Morgan fingerprint density at radius 3 is 2.00 bits per heavy atom. The first kappa shape index (κ1) is 16.7. The van der Waals surface area contributed by atoms with E-state index in [2.05, 4.69) is 6.92 Å².